The largest absolute Gasteiger partial charge is 0.493 e. The molecule has 2 N–H and O–H groups in total. The minimum Gasteiger partial charge on any atom is -0.493 e. The first-order valence-corrected chi connectivity index (χ1v) is 8.83. The lowest BCUT2D eigenvalue weighted by atomic mass is 9.96. The van der Waals surface area contributed by atoms with Crippen LogP contribution in [-0.2, 0) is 9.59 Å². The van der Waals surface area contributed by atoms with E-state index in [4.69, 9.17) is 10.5 Å². The van der Waals surface area contributed by atoms with Crippen LogP contribution in [0.25, 0.3) is 10.8 Å². The van der Waals surface area contributed by atoms with Gasteiger partial charge < -0.3 is 15.4 Å². The van der Waals surface area contributed by atoms with Crippen molar-refractivity contribution in [1.82, 2.24) is 4.90 Å². The summed E-state index contributed by atoms with van der Waals surface area (Å²) in [5, 5.41) is 2.23. The van der Waals surface area contributed by atoms with Gasteiger partial charge in [-0.15, -0.1) is 0 Å². The number of hydrogen-bond donors (Lipinski definition) is 1. The number of carbonyl (C=O) groups is 2. The molecule has 3 rings (SSSR count). The van der Waals surface area contributed by atoms with Crippen LogP contribution in [0.1, 0.15) is 25.7 Å². The van der Waals surface area contributed by atoms with Crippen LogP contribution < -0.4 is 10.5 Å². The first-order valence-electron chi connectivity index (χ1n) is 8.83. The van der Waals surface area contributed by atoms with Crippen molar-refractivity contribution in [3.8, 4) is 5.75 Å². The number of rotatable bonds is 6. The molecule has 2 aromatic carbocycles. The van der Waals surface area contributed by atoms with E-state index in [1.54, 1.807) is 0 Å². The van der Waals surface area contributed by atoms with Gasteiger partial charge in [0.2, 0.25) is 11.8 Å². The zero-order valence-electron chi connectivity index (χ0n) is 14.3. The van der Waals surface area contributed by atoms with Crippen molar-refractivity contribution in [3.05, 3.63) is 42.5 Å². The van der Waals surface area contributed by atoms with E-state index in [-0.39, 0.29) is 17.7 Å². The fourth-order valence-electron chi connectivity index (χ4n) is 3.30. The topological polar surface area (TPSA) is 72.6 Å². The summed E-state index contributed by atoms with van der Waals surface area (Å²) < 4.78 is 5.87. The number of nitrogens with zero attached hydrogens (tertiary/aromatic N) is 1. The molecule has 1 fully saturated rings. The summed E-state index contributed by atoms with van der Waals surface area (Å²) in [4.78, 5) is 25.3. The van der Waals surface area contributed by atoms with Gasteiger partial charge in [-0.05, 0) is 30.7 Å². The Kier molecular flexibility index (Phi) is 5.53. The van der Waals surface area contributed by atoms with Crippen LogP contribution in [0.4, 0.5) is 0 Å². The smallest absolute Gasteiger partial charge is 0.222 e. The number of likely N-dealkylation sites (tertiary alicyclic amines) is 1. The highest BCUT2D eigenvalue weighted by Crippen LogP contribution is 2.25. The van der Waals surface area contributed by atoms with Crippen LogP contribution in [-0.4, -0.2) is 36.4 Å². The Morgan fingerprint density at radius 2 is 1.80 bits per heavy atom. The van der Waals surface area contributed by atoms with Crippen molar-refractivity contribution >= 4 is 22.6 Å². The zero-order chi connectivity index (χ0) is 17.6. The quantitative estimate of drug-likeness (QED) is 0.822. The SMILES string of the molecule is NC(=O)C1CCN(C(=O)CCCOc2cccc3ccccc23)CC1. The molecule has 5 heteroatoms. The maximum atomic E-state index is 12.3. The Morgan fingerprint density at radius 1 is 1.08 bits per heavy atom. The molecule has 0 aliphatic carbocycles. The number of carbonyl (C=O) groups excluding carboxylic acids is 2. The third-order valence-corrected chi connectivity index (χ3v) is 4.79. The van der Waals surface area contributed by atoms with Gasteiger partial charge in [-0.25, -0.2) is 0 Å². The molecule has 2 aromatic rings. The standard InChI is InChI=1S/C20H24N2O3/c21-20(24)16-10-12-22(13-11-16)19(23)9-4-14-25-18-8-3-6-15-5-1-2-7-17(15)18/h1-3,5-8,16H,4,9-14H2,(H2,21,24). The van der Waals surface area contributed by atoms with Gasteiger partial charge in [-0.1, -0.05) is 36.4 Å². The molecule has 1 aliphatic heterocycles. The van der Waals surface area contributed by atoms with Gasteiger partial charge >= 0.3 is 0 Å². The van der Waals surface area contributed by atoms with E-state index in [9.17, 15) is 9.59 Å². The van der Waals surface area contributed by atoms with E-state index >= 15 is 0 Å². The van der Waals surface area contributed by atoms with Gasteiger partial charge in [0.1, 0.15) is 5.75 Å². The number of amides is 2. The second-order valence-corrected chi connectivity index (χ2v) is 6.49. The first-order chi connectivity index (χ1) is 12.1. The Bertz CT molecular complexity index is 746. The Labute approximate surface area is 147 Å². The molecule has 0 atom stereocenters. The van der Waals surface area contributed by atoms with Crippen LogP contribution in [0.5, 0.6) is 5.75 Å². The van der Waals surface area contributed by atoms with Crippen molar-refractivity contribution in [3.63, 3.8) is 0 Å². The number of hydrogen-bond acceptors (Lipinski definition) is 3. The Morgan fingerprint density at radius 3 is 2.56 bits per heavy atom. The van der Waals surface area contributed by atoms with Gasteiger partial charge in [-0.3, -0.25) is 9.59 Å². The molecule has 132 valence electrons. The molecular weight excluding hydrogens is 316 g/mol. The van der Waals surface area contributed by atoms with Crippen molar-refractivity contribution in [2.24, 2.45) is 11.7 Å². The fourth-order valence-corrected chi connectivity index (χ4v) is 3.30. The summed E-state index contributed by atoms with van der Waals surface area (Å²) in [6.45, 7) is 1.75. The van der Waals surface area contributed by atoms with Crippen molar-refractivity contribution < 1.29 is 14.3 Å². The second kappa shape index (κ2) is 8.01. The Hall–Kier alpha value is -2.56. The van der Waals surface area contributed by atoms with E-state index in [1.165, 1.54) is 0 Å². The molecule has 25 heavy (non-hydrogen) atoms. The monoisotopic (exact) mass is 340 g/mol. The summed E-state index contributed by atoms with van der Waals surface area (Å²) in [6.07, 6.45) is 2.49. The van der Waals surface area contributed by atoms with Crippen LogP contribution in [0, 0.1) is 5.92 Å². The third-order valence-electron chi connectivity index (χ3n) is 4.79. The highest BCUT2D eigenvalue weighted by Gasteiger charge is 2.25. The number of nitrogens with two attached hydrogens (primary N) is 1. The number of benzene rings is 2. The van der Waals surface area contributed by atoms with Gasteiger partial charge in [0.05, 0.1) is 6.61 Å². The molecular formula is C20H24N2O3. The van der Waals surface area contributed by atoms with Crippen LogP contribution >= 0.6 is 0 Å². The number of piperidine rings is 1. The summed E-state index contributed by atoms with van der Waals surface area (Å²) >= 11 is 0. The number of ether oxygens (including phenoxy) is 1. The van der Waals surface area contributed by atoms with Gasteiger partial charge in [0.15, 0.2) is 0 Å². The van der Waals surface area contributed by atoms with E-state index < -0.39 is 0 Å². The molecule has 0 saturated carbocycles. The van der Waals surface area contributed by atoms with Crippen molar-refractivity contribution in [2.45, 2.75) is 25.7 Å². The minimum atomic E-state index is -0.254. The molecule has 2 amide bonds. The fraction of sp³-hybridized carbons (Fsp3) is 0.400. The summed E-state index contributed by atoms with van der Waals surface area (Å²) in [6, 6.07) is 14.1. The maximum absolute atomic E-state index is 12.3. The van der Waals surface area contributed by atoms with E-state index in [1.807, 2.05) is 35.2 Å². The predicted octanol–water partition coefficient (Wildman–Crippen LogP) is 2.72. The summed E-state index contributed by atoms with van der Waals surface area (Å²) in [7, 11) is 0. The lowest BCUT2D eigenvalue weighted by Crippen LogP contribution is -2.41. The normalized spacial score (nSPS) is 15.3. The van der Waals surface area contributed by atoms with Gasteiger partial charge in [-0.2, -0.15) is 0 Å². The predicted molar refractivity (Wildman–Crippen MR) is 97.2 cm³/mol. The lowest BCUT2D eigenvalue weighted by Gasteiger charge is -2.30. The summed E-state index contributed by atoms with van der Waals surface area (Å²) in [5.74, 6) is 0.645. The molecule has 5 nitrogen and oxygen atoms in total. The third kappa shape index (κ3) is 4.29. The minimum absolute atomic E-state index is 0.0845. The zero-order valence-corrected chi connectivity index (χ0v) is 14.3. The molecule has 0 aromatic heterocycles. The average molecular weight is 340 g/mol. The molecule has 0 radical (unpaired) electrons. The van der Waals surface area contributed by atoms with Gasteiger partial charge in [0, 0.05) is 30.8 Å². The van der Waals surface area contributed by atoms with Crippen molar-refractivity contribution in [2.75, 3.05) is 19.7 Å². The van der Waals surface area contributed by atoms with Gasteiger partial charge in [0.25, 0.3) is 0 Å². The Balaban J connectivity index is 1.44. The van der Waals surface area contributed by atoms with Crippen molar-refractivity contribution in [1.29, 1.82) is 0 Å². The van der Waals surface area contributed by atoms with E-state index in [2.05, 4.69) is 12.1 Å². The molecule has 0 bridgehead atoms. The molecule has 1 heterocycles. The average Bonchev–Trinajstić information content (AvgIpc) is 2.65. The lowest BCUT2D eigenvalue weighted by molar-refractivity contribution is -0.135. The highest BCUT2D eigenvalue weighted by atomic mass is 16.5. The molecule has 0 spiro atoms. The van der Waals surface area contributed by atoms with Crippen LogP contribution in [0.3, 0.4) is 0 Å². The highest BCUT2D eigenvalue weighted by molar-refractivity contribution is 5.88. The van der Waals surface area contributed by atoms with E-state index in [0.717, 1.165) is 16.5 Å². The summed E-state index contributed by atoms with van der Waals surface area (Å²) in [5.41, 5.74) is 5.32. The maximum Gasteiger partial charge on any atom is 0.222 e. The van der Waals surface area contributed by atoms with E-state index in [0.29, 0.717) is 45.4 Å². The van der Waals surface area contributed by atoms with Crippen LogP contribution in [0.2, 0.25) is 0 Å². The first kappa shape index (κ1) is 17.3. The second-order valence-electron chi connectivity index (χ2n) is 6.49. The molecule has 0 unspecified atom stereocenters. The van der Waals surface area contributed by atoms with Crippen LogP contribution in [0.15, 0.2) is 42.5 Å². The molecule has 1 aliphatic rings. The molecule has 1 saturated heterocycles. The number of primary amides is 1. The number of fused-ring (bicyclic) bond motifs is 1.